The summed E-state index contributed by atoms with van der Waals surface area (Å²) in [5, 5.41) is 7.26. The summed E-state index contributed by atoms with van der Waals surface area (Å²) < 4.78 is 5.09. The molecule has 0 aliphatic carbocycles. The number of carbonyl (C=O) groups is 1. The SMILES string of the molecule is CN(C)c1noc(CNC(=O)C(c2ccc(Cl)cc2)N(C)C)n1. The van der Waals surface area contributed by atoms with E-state index in [4.69, 9.17) is 16.1 Å². The second-order valence-electron chi connectivity index (χ2n) is 5.52. The summed E-state index contributed by atoms with van der Waals surface area (Å²) >= 11 is 5.90. The molecule has 23 heavy (non-hydrogen) atoms. The van der Waals surface area contributed by atoms with Gasteiger partial charge in [0.1, 0.15) is 6.04 Å². The average molecular weight is 338 g/mol. The molecule has 2 aromatic rings. The summed E-state index contributed by atoms with van der Waals surface area (Å²) in [5.74, 6) is 0.675. The van der Waals surface area contributed by atoms with Crippen LogP contribution >= 0.6 is 11.6 Å². The van der Waals surface area contributed by atoms with Crippen molar-refractivity contribution in [3.63, 3.8) is 0 Å². The number of amides is 1. The second kappa shape index (κ2) is 7.43. The topological polar surface area (TPSA) is 74.5 Å². The van der Waals surface area contributed by atoms with E-state index in [1.54, 1.807) is 17.0 Å². The zero-order valence-electron chi connectivity index (χ0n) is 13.6. The van der Waals surface area contributed by atoms with Crippen molar-refractivity contribution < 1.29 is 9.32 Å². The molecule has 0 bridgehead atoms. The third-order valence-electron chi connectivity index (χ3n) is 3.22. The lowest BCUT2D eigenvalue weighted by molar-refractivity contribution is -0.126. The highest BCUT2D eigenvalue weighted by Gasteiger charge is 2.23. The van der Waals surface area contributed by atoms with Crippen LogP contribution in [0, 0.1) is 0 Å². The van der Waals surface area contributed by atoms with Crippen LogP contribution in [-0.2, 0) is 11.3 Å². The zero-order chi connectivity index (χ0) is 17.0. The molecule has 7 nitrogen and oxygen atoms in total. The molecular weight excluding hydrogens is 318 g/mol. The maximum atomic E-state index is 12.5. The first-order chi connectivity index (χ1) is 10.9. The second-order valence-corrected chi connectivity index (χ2v) is 5.95. The first-order valence-corrected chi connectivity index (χ1v) is 7.46. The molecular formula is C15H20ClN5O2. The van der Waals surface area contributed by atoms with Gasteiger partial charge >= 0.3 is 0 Å². The summed E-state index contributed by atoms with van der Waals surface area (Å²) in [6.45, 7) is 0.178. The molecule has 1 aromatic carbocycles. The number of anilines is 1. The van der Waals surface area contributed by atoms with Crippen LogP contribution in [0.1, 0.15) is 17.5 Å². The Morgan fingerprint density at radius 2 is 1.91 bits per heavy atom. The molecule has 1 atom stereocenters. The van der Waals surface area contributed by atoms with Gasteiger partial charge in [-0.1, -0.05) is 23.7 Å². The fourth-order valence-electron chi connectivity index (χ4n) is 2.09. The Balaban J connectivity index is 2.04. The Labute approximate surface area is 140 Å². The molecule has 1 heterocycles. The van der Waals surface area contributed by atoms with E-state index in [0.29, 0.717) is 16.9 Å². The molecule has 0 saturated heterocycles. The van der Waals surface area contributed by atoms with Crippen molar-refractivity contribution in [2.24, 2.45) is 0 Å². The Hall–Kier alpha value is -2.12. The highest BCUT2D eigenvalue weighted by atomic mass is 35.5. The highest BCUT2D eigenvalue weighted by Crippen LogP contribution is 2.20. The number of nitrogens with one attached hydrogen (secondary N) is 1. The van der Waals surface area contributed by atoms with E-state index in [9.17, 15) is 4.79 Å². The van der Waals surface area contributed by atoms with Gasteiger partial charge in [-0.3, -0.25) is 9.69 Å². The maximum absolute atomic E-state index is 12.5. The molecule has 0 radical (unpaired) electrons. The van der Waals surface area contributed by atoms with Crippen molar-refractivity contribution in [1.29, 1.82) is 0 Å². The van der Waals surface area contributed by atoms with Crippen LogP contribution < -0.4 is 10.2 Å². The Morgan fingerprint density at radius 1 is 1.26 bits per heavy atom. The molecule has 8 heteroatoms. The normalized spacial score (nSPS) is 12.3. The van der Waals surface area contributed by atoms with Gasteiger partial charge in [0.15, 0.2) is 0 Å². The van der Waals surface area contributed by atoms with Gasteiger partial charge in [0, 0.05) is 19.1 Å². The number of carbonyl (C=O) groups excluding carboxylic acids is 1. The van der Waals surface area contributed by atoms with E-state index in [-0.39, 0.29) is 12.5 Å². The summed E-state index contributed by atoms with van der Waals surface area (Å²) in [5.41, 5.74) is 0.858. The third-order valence-corrected chi connectivity index (χ3v) is 3.47. The third kappa shape index (κ3) is 4.43. The quantitative estimate of drug-likeness (QED) is 0.865. The molecule has 1 unspecified atom stereocenters. The molecule has 0 spiro atoms. The minimum absolute atomic E-state index is 0.151. The number of halogens is 1. The van der Waals surface area contributed by atoms with Crippen molar-refractivity contribution in [2.75, 3.05) is 33.1 Å². The van der Waals surface area contributed by atoms with E-state index in [1.807, 2.05) is 45.2 Å². The number of benzene rings is 1. The average Bonchev–Trinajstić information content (AvgIpc) is 2.96. The van der Waals surface area contributed by atoms with E-state index >= 15 is 0 Å². The van der Waals surface area contributed by atoms with Crippen LogP contribution in [0.25, 0.3) is 0 Å². The molecule has 0 aliphatic rings. The van der Waals surface area contributed by atoms with Gasteiger partial charge < -0.3 is 14.7 Å². The smallest absolute Gasteiger partial charge is 0.265 e. The standard InChI is InChI=1S/C15H20ClN5O2/c1-20(2)13(10-5-7-11(16)8-6-10)14(22)17-9-12-18-15(19-23-12)21(3)4/h5-8,13H,9H2,1-4H3,(H,17,22). The molecule has 2 rings (SSSR count). The molecule has 1 N–H and O–H groups in total. The van der Waals surface area contributed by atoms with Crippen LogP contribution in [0.15, 0.2) is 28.8 Å². The predicted octanol–water partition coefficient (Wildman–Crippen LogP) is 1.71. The van der Waals surface area contributed by atoms with Crippen LogP contribution in [-0.4, -0.2) is 49.1 Å². The van der Waals surface area contributed by atoms with Gasteiger partial charge in [-0.15, -0.1) is 0 Å². The minimum atomic E-state index is -0.427. The van der Waals surface area contributed by atoms with Gasteiger partial charge in [0.25, 0.3) is 5.95 Å². The fraction of sp³-hybridized carbons (Fsp3) is 0.400. The lowest BCUT2D eigenvalue weighted by Crippen LogP contribution is -2.36. The van der Waals surface area contributed by atoms with Crippen molar-refractivity contribution in [2.45, 2.75) is 12.6 Å². The van der Waals surface area contributed by atoms with Gasteiger partial charge in [0.05, 0.1) is 6.54 Å². The van der Waals surface area contributed by atoms with Crippen molar-refractivity contribution in [1.82, 2.24) is 20.4 Å². The van der Waals surface area contributed by atoms with E-state index < -0.39 is 6.04 Å². The number of likely N-dealkylation sites (N-methyl/N-ethyl adjacent to an activating group) is 1. The van der Waals surface area contributed by atoms with E-state index in [1.165, 1.54) is 0 Å². The Bertz CT molecular complexity index is 654. The summed E-state index contributed by atoms with van der Waals surface area (Å²) in [4.78, 5) is 20.2. The first-order valence-electron chi connectivity index (χ1n) is 7.08. The number of hydrogen-bond donors (Lipinski definition) is 1. The van der Waals surface area contributed by atoms with E-state index in [0.717, 1.165) is 5.56 Å². The van der Waals surface area contributed by atoms with Crippen molar-refractivity contribution in [3.05, 3.63) is 40.7 Å². The molecule has 0 saturated carbocycles. The van der Waals surface area contributed by atoms with Crippen LogP contribution in [0.3, 0.4) is 0 Å². The maximum Gasteiger partial charge on any atom is 0.265 e. The van der Waals surface area contributed by atoms with Gasteiger partial charge in [-0.05, 0) is 36.9 Å². The molecule has 1 aromatic heterocycles. The number of hydrogen-bond acceptors (Lipinski definition) is 6. The first kappa shape index (κ1) is 17.2. The fourth-order valence-corrected chi connectivity index (χ4v) is 2.21. The summed E-state index contributed by atoms with van der Waals surface area (Å²) in [6.07, 6.45) is 0. The zero-order valence-corrected chi connectivity index (χ0v) is 14.3. The minimum Gasteiger partial charge on any atom is -0.345 e. The monoisotopic (exact) mass is 337 g/mol. The number of nitrogens with zero attached hydrogens (tertiary/aromatic N) is 4. The van der Waals surface area contributed by atoms with Crippen LogP contribution in [0.5, 0.6) is 0 Å². The lowest BCUT2D eigenvalue weighted by atomic mass is 10.1. The summed E-state index contributed by atoms with van der Waals surface area (Å²) in [6, 6.07) is 6.78. The van der Waals surface area contributed by atoms with Crippen LogP contribution in [0.4, 0.5) is 5.95 Å². The highest BCUT2D eigenvalue weighted by molar-refractivity contribution is 6.30. The number of aromatic nitrogens is 2. The van der Waals surface area contributed by atoms with E-state index in [2.05, 4.69) is 15.5 Å². The summed E-state index contributed by atoms with van der Waals surface area (Å²) in [7, 11) is 7.32. The molecule has 0 aliphatic heterocycles. The van der Waals surface area contributed by atoms with Crippen LogP contribution in [0.2, 0.25) is 5.02 Å². The molecule has 0 fully saturated rings. The predicted molar refractivity (Wildman–Crippen MR) is 88.4 cm³/mol. The van der Waals surface area contributed by atoms with Gasteiger partial charge in [-0.25, -0.2) is 0 Å². The van der Waals surface area contributed by atoms with Crippen molar-refractivity contribution >= 4 is 23.5 Å². The van der Waals surface area contributed by atoms with Crippen molar-refractivity contribution in [3.8, 4) is 0 Å². The van der Waals surface area contributed by atoms with Gasteiger partial charge in [-0.2, -0.15) is 4.98 Å². The lowest BCUT2D eigenvalue weighted by Gasteiger charge is -2.23. The number of rotatable bonds is 6. The Kier molecular flexibility index (Phi) is 5.57. The Morgan fingerprint density at radius 3 is 2.43 bits per heavy atom. The molecule has 1 amide bonds. The largest absolute Gasteiger partial charge is 0.345 e. The molecule has 124 valence electrons. The van der Waals surface area contributed by atoms with Gasteiger partial charge in [0.2, 0.25) is 11.8 Å².